The number of hydrogen-bond donors (Lipinski definition) is 1. The van der Waals surface area contributed by atoms with Crippen molar-refractivity contribution in [1.29, 1.82) is 0 Å². The van der Waals surface area contributed by atoms with Crippen LogP contribution in [-0.2, 0) is 5.54 Å². The van der Waals surface area contributed by atoms with Crippen molar-refractivity contribution in [3.8, 4) is 0 Å². The second-order valence-electron chi connectivity index (χ2n) is 6.19. The van der Waals surface area contributed by atoms with Crippen molar-refractivity contribution in [2.24, 2.45) is 5.92 Å². The number of rotatable bonds is 5. The van der Waals surface area contributed by atoms with Crippen LogP contribution in [0.2, 0.25) is 0 Å². The lowest BCUT2D eigenvalue weighted by molar-refractivity contribution is 0.0508. The van der Waals surface area contributed by atoms with Crippen molar-refractivity contribution < 1.29 is 4.39 Å². The van der Waals surface area contributed by atoms with Gasteiger partial charge in [0.2, 0.25) is 0 Å². The zero-order valence-corrected chi connectivity index (χ0v) is 12.9. The molecule has 0 amide bonds. The third-order valence-electron chi connectivity index (χ3n) is 4.77. The van der Waals surface area contributed by atoms with Crippen LogP contribution in [0.25, 0.3) is 0 Å². The van der Waals surface area contributed by atoms with Crippen molar-refractivity contribution in [3.63, 3.8) is 0 Å². The third kappa shape index (κ3) is 3.21. The van der Waals surface area contributed by atoms with Crippen molar-refractivity contribution in [3.05, 3.63) is 35.9 Å². The van der Waals surface area contributed by atoms with Crippen LogP contribution in [0, 0.1) is 5.92 Å². The Balaban J connectivity index is 2.17. The largest absolute Gasteiger partial charge is 0.305 e. The molecule has 3 heteroatoms. The Morgan fingerprint density at radius 3 is 2.70 bits per heavy atom. The number of halogens is 1. The number of hydrogen-bond acceptors (Lipinski definition) is 2. The molecule has 0 saturated carbocycles. The molecule has 112 valence electrons. The topological polar surface area (TPSA) is 15.3 Å². The average Bonchev–Trinajstić information content (AvgIpc) is 2.48. The molecular weight excluding hydrogens is 251 g/mol. The molecule has 1 aromatic carbocycles. The molecule has 3 unspecified atom stereocenters. The van der Waals surface area contributed by atoms with Crippen LogP contribution in [0.15, 0.2) is 30.3 Å². The summed E-state index contributed by atoms with van der Waals surface area (Å²) in [4.78, 5) is 2.33. The van der Waals surface area contributed by atoms with Gasteiger partial charge in [-0.3, -0.25) is 4.90 Å². The van der Waals surface area contributed by atoms with Gasteiger partial charge in [-0.25, -0.2) is 4.39 Å². The smallest absolute Gasteiger partial charge is 0.102 e. The fraction of sp³-hybridized carbons (Fsp3) is 0.647. The minimum Gasteiger partial charge on any atom is -0.305 e. The first-order valence-corrected chi connectivity index (χ1v) is 7.71. The van der Waals surface area contributed by atoms with Crippen molar-refractivity contribution in [2.45, 2.75) is 38.8 Å². The zero-order valence-electron chi connectivity index (χ0n) is 12.9. The maximum atomic E-state index is 12.9. The number of piperazine rings is 1. The van der Waals surface area contributed by atoms with E-state index in [0.29, 0.717) is 18.5 Å². The zero-order chi connectivity index (χ0) is 14.6. The molecule has 0 radical (unpaired) electrons. The van der Waals surface area contributed by atoms with Crippen molar-refractivity contribution in [2.75, 3.05) is 26.3 Å². The van der Waals surface area contributed by atoms with E-state index in [9.17, 15) is 4.39 Å². The van der Waals surface area contributed by atoms with E-state index in [1.54, 1.807) is 0 Å². The first kappa shape index (κ1) is 15.5. The second kappa shape index (κ2) is 6.68. The molecule has 0 bridgehead atoms. The monoisotopic (exact) mass is 278 g/mol. The lowest BCUT2D eigenvalue weighted by Gasteiger charge is -2.48. The molecule has 1 aliphatic heterocycles. The molecule has 2 rings (SSSR count). The van der Waals surface area contributed by atoms with Gasteiger partial charge < -0.3 is 5.32 Å². The Labute approximate surface area is 122 Å². The van der Waals surface area contributed by atoms with Crippen LogP contribution >= 0.6 is 0 Å². The number of benzene rings is 1. The van der Waals surface area contributed by atoms with Crippen LogP contribution in [0.3, 0.4) is 0 Å². The van der Waals surface area contributed by atoms with Gasteiger partial charge in [0.05, 0.1) is 5.54 Å². The van der Waals surface area contributed by atoms with Crippen LogP contribution in [0.4, 0.5) is 4.39 Å². The Bertz CT molecular complexity index is 409. The van der Waals surface area contributed by atoms with Gasteiger partial charge in [-0.15, -0.1) is 0 Å². The average molecular weight is 278 g/mol. The summed E-state index contributed by atoms with van der Waals surface area (Å²) in [6.07, 6.45) is 1.14. The highest BCUT2D eigenvalue weighted by Crippen LogP contribution is 2.29. The fourth-order valence-electron chi connectivity index (χ4n) is 3.22. The molecule has 1 saturated heterocycles. The summed E-state index contributed by atoms with van der Waals surface area (Å²) in [6.45, 7) is 8.78. The maximum absolute atomic E-state index is 12.9. The summed E-state index contributed by atoms with van der Waals surface area (Å²) in [5.41, 5.74) is 1.20. The van der Waals surface area contributed by atoms with Gasteiger partial charge in [0.1, 0.15) is 6.67 Å². The Kier molecular flexibility index (Phi) is 5.17. The van der Waals surface area contributed by atoms with E-state index >= 15 is 0 Å². The predicted octanol–water partition coefficient (Wildman–Crippen LogP) is 3.19. The lowest BCUT2D eigenvalue weighted by Crippen LogP contribution is -2.63. The highest BCUT2D eigenvalue weighted by molar-refractivity contribution is 5.25. The Hall–Kier alpha value is -0.930. The number of nitrogens with one attached hydrogen (secondary N) is 1. The van der Waals surface area contributed by atoms with Gasteiger partial charge in [0.25, 0.3) is 0 Å². The number of alkyl halides is 1. The Morgan fingerprint density at radius 2 is 2.10 bits per heavy atom. The van der Waals surface area contributed by atoms with E-state index in [4.69, 9.17) is 0 Å². The lowest BCUT2D eigenvalue weighted by atomic mass is 9.85. The molecule has 1 N–H and O–H groups in total. The van der Waals surface area contributed by atoms with Gasteiger partial charge in [-0.1, -0.05) is 50.6 Å². The predicted molar refractivity (Wildman–Crippen MR) is 82.6 cm³/mol. The number of nitrogens with zero attached hydrogens (tertiary/aromatic N) is 1. The standard InChI is InChI=1S/C17H27FN2/c1-4-14(2)16-12-19-17(3,13-20(16)11-10-18)15-8-6-5-7-9-15/h5-9,14,16,19H,4,10-13H2,1-3H3. The molecule has 3 atom stereocenters. The normalized spacial score (nSPS) is 29.3. The fourth-order valence-corrected chi connectivity index (χ4v) is 3.22. The van der Waals surface area contributed by atoms with Gasteiger partial charge in [0.15, 0.2) is 0 Å². The quantitative estimate of drug-likeness (QED) is 0.890. The van der Waals surface area contributed by atoms with Gasteiger partial charge >= 0.3 is 0 Å². The molecule has 1 heterocycles. The minimum atomic E-state index is -0.266. The molecule has 1 aromatic rings. The SMILES string of the molecule is CCC(C)C1CNC(C)(c2ccccc2)CN1CCF. The summed E-state index contributed by atoms with van der Waals surface area (Å²) in [5, 5.41) is 3.70. The molecule has 0 aliphatic carbocycles. The van der Waals surface area contributed by atoms with Crippen molar-refractivity contribution >= 4 is 0 Å². The van der Waals surface area contributed by atoms with E-state index in [2.05, 4.69) is 55.3 Å². The summed E-state index contributed by atoms with van der Waals surface area (Å²) < 4.78 is 12.9. The van der Waals surface area contributed by atoms with Gasteiger partial charge in [-0.05, 0) is 18.4 Å². The maximum Gasteiger partial charge on any atom is 0.102 e. The van der Waals surface area contributed by atoms with E-state index in [-0.39, 0.29) is 12.2 Å². The Morgan fingerprint density at radius 1 is 1.40 bits per heavy atom. The van der Waals surface area contributed by atoms with Crippen molar-refractivity contribution in [1.82, 2.24) is 10.2 Å². The van der Waals surface area contributed by atoms with Crippen LogP contribution in [0.5, 0.6) is 0 Å². The summed E-state index contributed by atoms with van der Waals surface area (Å²) in [5.74, 6) is 0.592. The minimum absolute atomic E-state index is 0.0829. The summed E-state index contributed by atoms with van der Waals surface area (Å²) in [7, 11) is 0. The van der Waals surface area contributed by atoms with Gasteiger partial charge in [0, 0.05) is 25.7 Å². The summed E-state index contributed by atoms with van der Waals surface area (Å²) >= 11 is 0. The van der Waals surface area contributed by atoms with E-state index in [1.807, 2.05) is 6.07 Å². The molecule has 0 spiro atoms. The molecule has 2 nitrogen and oxygen atoms in total. The second-order valence-corrected chi connectivity index (χ2v) is 6.19. The first-order chi connectivity index (χ1) is 9.60. The molecule has 1 aliphatic rings. The molecule has 1 fully saturated rings. The van der Waals surface area contributed by atoms with Crippen LogP contribution in [-0.4, -0.2) is 37.3 Å². The van der Waals surface area contributed by atoms with E-state index < -0.39 is 0 Å². The first-order valence-electron chi connectivity index (χ1n) is 7.71. The third-order valence-corrected chi connectivity index (χ3v) is 4.77. The van der Waals surface area contributed by atoms with Crippen LogP contribution in [0.1, 0.15) is 32.8 Å². The molecular formula is C17H27FN2. The van der Waals surface area contributed by atoms with Crippen LogP contribution < -0.4 is 5.32 Å². The highest BCUT2D eigenvalue weighted by Gasteiger charge is 2.38. The van der Waals surface area contributed by atoms with E-state index in [0.717, 1.165) is 19.5 Å². The van der Waals surface area contributed by atoms with Gasteiger partial charge in [-0.2, -0.15) is 0 Å². The van der Waals surface area contributed by atoms with E-state index in [1.165, 1.54) is 5.56 Å². The molecule has 20 heavy (non-hydrogen) atoms. The highest BCUT2D eigenvalue weighted by atomic mass is 19.1. The molecule has 0 aromatic heterocycles. The summed E-state index contributed by atoms with van der Waals surface area (Å²) in [6, 6.07) is 10.9.